The second kappa shape index (κ2) is 10.9. The van der Waals surface area contributed by atoms with Crippen molar-refractivity contribution in [2.45, 2.75) is 43.3 Å². The van der Waals surface area contributed by atoms with Crippen LogP contribution in [0.5, 0.6) is 17.2 Å². The van der Waals surface area contributed by atoms with E-state index in [9.17, 15) is 15.3 Å². The molecule has 40 heavy (non-hydrogen) atoms. The molecule has 212 valence electrons. The second-order valence-electron chi connectivity index (χ2n) is 9.74. The summed E-state index contributed by atoms with van der Waals surface area (Å²) < 4.78 is 24.8. The molecule has 0 amide bonds. The third-order valence-corrected chi connectivity index (χ3v) is 7.62. The number of benzene rings is 2. The minimum absolute atomic E-state index is 0.0978. The van der Waals surface area contributed by atoms with Crippen LogP contribution < -0.4 is 19.9 Å². The van der Waals surface area contributed by atoms with Gasteiger partial charge in [0.25, 0.3) is 0 Å². The molecule has 2 aromatic heterocycles. The van der Waals surface area contributed by atoms with Gasteiger partial charge in [-0.1, -0.05) is 24.3 Å². The van der Waals surface area contributed by atoms with E-state index in [0.717, 1.165) is 16.7 Å². The summed E-state index contributed by atoms with van der Waals surface area (Å²) in [4.78, 5) is 12.8. The molecule has 12 heteroatoms. The molecule has 5 N–H and O–H groups in total. The number of fused-ring (bicyclic) bond motifs is 1. The zero-order chi connectivity index (χ0) is 28.6. The first-order valence-corrected chi connectivity index (χ1v) is 12.7. The summed E-state index contributed by atoms with van der Waals surface area (Å²) in [5.41, 5.74) is 7.78. The van der Waals surface area contributed by atoms with Crippen LogP contribution in [0.1, 0.15) is 29.0 Å². The number of methoxy groups -OCH3 is 3. The predicted octanol–water partition coefficient (Wildman–Crippen LogP) is 1.73. The molecular weight excluding hydrogens is 518 g/mol. The zero-order valence-corrected chi connectivity index (χ0v) is 22.7. The number of ether oxygens (including phenoxy) is 4. The van der Waals surface area contributed by atoms with Crippen LogP contribution in [0.3, 0.4) is 0 Å². The van der Waals surface area contributed by atoms with Crippen LogP contribution in [-0.2, 0) is 10.5 Å². The molecule has 12 nitrogen and oxygen atoms in total. The fourth-order valence-corrected chi connectivity index (χ4v) is 5.59. The molecule has 3 heterocycles. The number of hydrogen-bond acceptors (Lipinski definition) is 11. The van der Waals surface area contributed by atoms with Crippen LogP contribution in [-0.4, -0.2) is 81.1 Å². The van der Waals surface area contributed by atoms with Crippen molar-refractivity contribution in [3.05, 3.63) is 65.7 Å². The van der Waals surface area contributed by atoms with Gasteiger partial charge in [0, 0.05) is 12.3 Å². The molecule has 0 bridgehead atoms. The average Bonchev–Trinajstić information content (AvgIpc) is 3.52. The quantitative estimate of drug-likeness (QED) is 0.239. The van der Waals surface area contributed by atoms with Gasteiger partial charge in [0.15, 0.2) is 28.7 Å². The van der Waals surface area contributed by atoms with Crippen molar-refractivity contribution in [3.8, 4) is 17.2 Å². The lowest BCUT2D eigenvalue weighted by atomic mass is 9.80. The Labute approximate surface area is 230 Å². The van der Waals surface area contributed by atoms with Crippen LogP contribution in [0.25, 0.3) is 11.2 Å². The second-order valence-corrected chi connectivity index (χ2v) is 9.74. The van der Waals surface area contributed by atoms with E-state index >= 15 is 0 Å². The highest BCUT2D eigenvalue weighted by atomic mass is 16.6. The summed E-state index contributed by atoms with van der Waals surface area (Å²) >= 11 is 0. The summed E-state index contributed by atoms with van der Waals surface area (Å²) in [6.45, 7) is 1.48. The van der Waals surface area contributed by atoms with Crippen LogP contribution >= 0.6 is 0 Å². The minimum atomic E-state index is -1.62. The van der Waals surface area contributed by atoms with E-state index in [1.54, 1.807) is 18.8 Å². The number of nitrogens with two attached hydrogens (primary N) is 1. The van der Waals surface area contributed by atoms with E-state index in [0.29, 0.717) is 28.4 Å². The number of aliphatic hydroxyl groups excluding tert-OH is 3. The lowest BCUT2D eigenvalue weighted by Crippen LogP contribution is -2.46. The molecule has 1 aliphatic rings. The zero-order valence-electron chi connectivity index (χ0n) is 22.7. The summed E-state index contributed by atoms with van der Waals surface area (Å²) in [7, 11) is 4.61. The lowest BCUT2D eigenvalue weighted by Gasteiger charge is -2.37. The Bertz CT molecular complexity index is 1490. The van der Waals surface area contributed by atoms with Crippen molar-refractivity contribution in [2.75, 3.05) is 33.7 Å². The Hall–Kier alpha value is -3.97. The molecule has 1 fully saturated rings. The van der Waals surface area contributed by atoms with Gasteiger partial charge in [-0.25, -0.2) is 15.0 Å². The smallest absolute Gasteiger partial charge is 0.203 e. The summed E-state index contributed by atoms with van der Waals surface area (Å²) in [5, 5.41) is 32.6. The number of aromatic nitrogens is 4. The third-order valence-electron chi connectivity index (χ3n) is 7.62. The highest BCUT2D eigenvalue weighted by Gasteiger charge is 2.57. The van der Waals surface area contributed by atoms with Crippen molar-refractivity contribution in [1.82, 2.24) is 19.5 Å². The number of nitrogens with zero attached hydrogens (tertiary/aromatic N) is 4. The minimum Gasteiger partial charge on any atom is -0.493 e. The van der Waals surface area contributed by atoms with Gasteiger partial charge in [-0.3, -0.25) is 4.57 Å². The molecule has 0 aliphatic carbocycles. The molecular formula is C28H33N5O7. The largest absolute Gasteiger partial charge is 0.493 e. The molecule has 0 spiro atoms. The fraction of sp³-hybridized carbons (Fsp3) is 0.393. The summed E-state index contributed by atoms with van der Waals surface area (Å²) in [6, 6.07) is 11.5. The van der Waals surface area contributed by atoms with E-state index in [1.807, 2.05) is 43.3 Å². The summed E-state index contributed by atoms with van der Waals surface area (Å²) in [5.74, 6) is 1.07. The Morgan fingerprint density at radius 2 is 1.75 bits per heavy atom. The molecule has 5 atom stereocenters. The van der Waals surface area contributed by atoms with Crippen LogP contribution in [0.2, 0.25) is 0 Å². The molecule has 1 saturated heterocycles. The average molecular weight is 552 g/mol. The standard InChI is InChI=1S/C28H33N5O7/c1-15-7-5-6-8-17(15)18(16-9-19(37-2)24(39-4)20(10-16)38-3)11-28(25(36)23(35)21(12-34)40-28)33-14-32-22-26(29)30-13-31-27(22)33/h5-10,13-14,18,21,23,25,34-36H,11-12H2,1-4H3,(H2,29,30,31)/t18?,21-,23-,25-,28-/m1/s1. The highest BCUT2D eigenvalue weighted by molar-refractivity contribution is 5.81. The Morgan fingerprint density at radius 1 is 1.05 bits per heavy atom. The van der Waals surface area contributed by atoms with Gasteiger partial charge in [-0.15, -0.1) is 0 Å². The summed E-state index contributed by atoms with van der Waals surface area (Å²) in [6.07, 6.45) is -1.08. The number of rotatable bonds is 9. The SMILES string of the molecule is COc1cc(C(C[C@@]2(n3cnc4c(N)ncnc43)O[C@H](CO)[C@@H](O)[C@H]2O)c2ccccc2C)cc(OC)c1OC. The third kappa shape index (κ3) is 4.38. The molecule has 0 radical (unpaired) electrons. The number of aliphatic hydroxyl groups is 3. The topological polar surface area (TPSA) is 167 Å². The van der Waals surface area contributed by atoms with Gasteiger partial charge in [0.1, 0.15) is 30.2 Å². The Balaban J connectivity index is 1.76. The van der Waals surface area contributed by atoms with Crippen molar-refractivity contribution in [1.29, 1.82) is 0 Å². The van der Waals surface area contributed by atoms with Crippen molar-refractivity contribution >= 4 is 17.0 Å². The Morgan fingerprint density at radius 3 is 2.35 bits per heavy atom. The van der Waals surface area contributed by atoms with Crippen LogP contribution in [0.4, 0.5) is 5.82 Å². The normalized spacial score (nSPS) is 23.3. The van der Waals surface area contributed by atoms with Gasteiger partial charge in [-0.05, 0) is 35.7 Å². The van der Waals surface area contributed by atoms with E-state index < -0.39 is 36.6 Å². The predicted molar refractivity (Wildman–Crippen MR) is 145 cm³/mol. The van der Waals surface area contributed by atoms with E-state index in [4.69, 9.17) is 24.7 Å². The van der Waals surface area contributed by atoms with Crippen molar-refractivity contribution in [3.63, 3.8) is 0 Å². The molecule has 0 saturated carbocycles. The van der Waals surface area contributed by atoms with Gasteiger partial charge >= 0.3 is 0 Å². The van der Waals surface area contributed by atoms with E-state index in [2.05, 4.69) is 15.0 Å². The van der Waals surface area contributed by atoms with Crippen molar-refractivity contribution in [2.24, 2.45) is 0 Å². The van der Waals surface area contributed by atoms with Crippen molar-refractivity contribution < 1.29 is 34.3 Å². The van der Waals surface area contributed by atoms with Crippen LogP contribution in [0.15, 0.2) is 49.1 Å². The van der Waals surface area contributed by atoms with Gasteiger partial charge in [-0.2, -0.15) is 0 Å². The maximum Gasteiger partial charge on any atom is 0.203 e. The first kappa shape index (κ1) is 27.6. The molecule has 4 aromatic rings. The monoisotopic (exact) mass is 551 g/mol. The number of aryl methyl sites for hydroxylation is 1. The molecule has 1 unspecified atom stereocenters. The first-order chi connectivity index (χ1) is 19.3. The number of hydrogen-bond donors (Lipinski definition) is 4. The number of anilines is 1. The number of imidazole rings is 1. The Kier molecular flexibility index (Phi) is 7.51. The van der Waals surface area contributed by atoms with Crippen LogP contribution in [0, 0.1) is 6.92 Å². The maximum absolute atomic E-state index is 11.6. The number of nitrogen functional groups attached to an aromatic ring is 1. The lowest BCUT2D eigenvalue weighted by molar-refractivity contribution is -0.152. The fourth-order valence-electron chi connectivity index (χ4n) is 5.59. The maximum atomic E-state index is 11.6. The molecule has 5 rings (SSSR count). The van der Waals surface area contributed by atoms with Gasteiger partial charge in [0.05, 0.1) is 34.3 Å². The van der Waals surface area contributed by atoms with E-state index in [1.165, 1.54) is 19.8 Å². The first-order valence-electron chi connectivity index (χ1n) is 12.7. The van der Waals surface area contributed by atoms with Gasteiger partial charge in [0.2, 0.25) is 5.75 Å². The van der Waals surface area contributed by atoms with E-state index in [-0.39, 0.29) is 12.2 Å². The highest BCUT2D eigenvalue weighted by Crippen LogP contribution is 2.49. The molecule has 2 aromatic carbocycles. The van der Waals surface area contributed by atoms with Gasteiger partial charge < -0.3 is 40.0 Å². The molecule has 1 aliphatic heterocycles.